The van der Waals surface area contributed by atoms with Gasteiger partial charge in [-0.15, -0.1) is 0 Å². The van der Waals surface area contributed by atoms with Crippen molar-refractivity contribution in [3.8, 4) is 0 Å². The third-order valence-corrected chi connectivity index (χ3v) is 4.44. The summed E-state index contributed by atoms with van der Waals surface area (Å²) >= 11 is 0. The van der Waals surface area contributed by atoms with Gasteiger partial charge in [0.05, 0.1) is 13.2 Å². The van der Waals surface area contributed by atoms with E-state index in [1.54, 1.807) is 13.8 Å². The molecular formula is C8H21NO3P+. The van der Waals surface area contributed by atoms with E-state index in [-0.39, 0.29) is 11.7 Å². The van der Waals surface area contributed by atoms with E-state index in [0.29, 0.717) is 13.2 Å². The number of hydrogen-bond donors (Lipinski definition) is 1. The van der Waals surface area contributed by atoms with E-state index >= 15 is 0 Å². The molecule has 0 aliphatic heterocycles. The molecule has 0 spiro atoms. The molecule has 0 fully saturated rings. The van der Waals surface area contributed by atoms with Crippen molar-refractivity contribution in [2.45, 2.75) is 33.5 Å². The summed E-state index contributed by atoms with van der Waals surface area (Å²) in [4.78, 5) is 0. The fourth-order valence-corrected chi connectivity index (χ4v) is 2.86. The molecule has 1 unspecified atom stereocenters. The maximum absolute atomic E-state index is 12.0. The molecule has 3 N–H and O–H groups in total. The first-order chi connectivity index (χ1) is 5.98. The minimum atomic E-state index is -2.98. The van der Waals surface area contributed by atoms with Gasteiger partial charge in [0.25, 0.3) is 0 Å². The zero-order chi connectivity index (χ0) is 10.5. The van der Waals surface area contributed by atoms with E-state index in [0.717, 1.165) is 0 Å². The van der Waals surface area contributed by atoms with Crippen molar-refractivity contribution < 1.29 is 19.3 Å². The Morgan fingerprint density at radius 2 is 1.62 bits per heavy atom. The number of hydrogen-bond acceptors (Lipinski definition) is 3. The average Bonchev–Trinajstić information content (AvgIpc) is 2.03. The van der Waals surface area contributed by atoms with Crippen LogP contribution in [0.5, 0.6) is 0 Å². The van der Waals surface area contributed by atoms with Crippen LogP contribution in [0.2, 0.25) is 0 Å². The fraction of sp³-hybridized carbons (Fsp3) is 1.00. The largest absolute Gasteiger partial charge is 0.387 e. The van der Waals surface area contributed by atoms with Gasteiger partial charge in [-0.2, -0.15) is 0 Å². The Morgan fingerprint density at radius 3 is 1.85 bits per heavy atom. The SMILES string of the molecule is CCOP(=O)(OCC)C([NH3+])C(C)C. The molecule has 0 aliphatic carbocycles. The van der Waals surface area contributed by atoms with Gasteiger partial charge < -0.3 is 14.8 Å². The van der Waals surface area contributed by atoms with Gasteiger partial charge in [0, 0.05) is 5.92 Å². The van der Waals surface area contributed by atoms with Crippen LogP contribution in [0.1, 0.15) is 27.7 Å². The Bertz CT molecular complexity index is 174. The Kier molecular flexibility index (Phi) is 5.81. The minimum Gasteiger partial charge on any atom is -0.345 e. The van der Waals surface area contributed by atoms with E-state index < -0.39 is 7.60 Å². The second-order valence-electron chi connectivity index (χ2n) is 3.19. The van der Waals surface area contributed by atoms with Crippen LogP contribution in [0.4, 0.5) is 0 Å². The van der Waals surface area contributed by atoms with E-state index in [2.05, 4.69) is 5.73 Å². The molecule has 0 saturated heterocycles. The highest BCUT2D eigenvalue weighted by atomic mass is 31.2. The zero-order valence-electron chi connectivity index (χ0n) is 8.95. The second kappa shape index (κ2) is 5.76. The lowest BCUT2D eigenvalue weighted by Crippen LogP contribution is -2.63. The first-order valence-corrected chi connectivity index (χ1v) is 6.31. The van der Waals surface area contributed by atoms with Gasteiger partial charge in [0.1, 0.15) is 0 Å². The molecule has 1 atom stereocenters. The number of quaternary nitrogens is 1. The lowest BCUT2D eigenvalue weighted by Gasteiger charge is -2.22. The summed E-state index contributed by atoms with van der Waals surface area (Å²) in [5.41, 5.74) is 3.83. The standard InChI is InChI=1S/C8H20NO3P/c1-5-11-13(10,12-6-2)8(9)7(3)4/h7-8H,5-6,9H2,1-4H3/p+1. The average molecular weight is 210 g/mol. The summed E-state index contributed by atoms with van der Waals surface area (Å²) in [7, 11) is -2.98. The van der Waals surface area contributed by atoms with Gasteiger partial charge >= 0.3 is 7.60 Å². The normalized spacial score (nSPS) is 14.9. The fourth-order valence-electron chi connectivity index (χ4n) is 0.954. The molecule has 5 heteroatoms. The van der Waals surface area contributed by atoms with Crippen molar-refractivity contribution in [1.29, 1.82) is 0 Å². The molecule has 0 aromatic heterocycles. The minimum absolute atomic E-state index is 0.198. The maximum atomic E-state index is 12.0. The van der Waals surface area contributed by atoms with Crippen LogP contribution in [-0.4, -0.2) is 19.0 Å². The molecule has 0 saturated carbocycles. The molecule has 0 heterocycles. The summed E-state index contributed by atoms with van der Waals surface area (Å²) < 4.78 is 22.4. The van der Waals surface area contributed by atoms with Crippen molar-refractivity contribution in [2.75, 3.05) is 13.2 Å². The Morgan fingerprint density at radius 1 is 1.23 bits per heavy atom. The molecule has 13 heavy (non-hydrogen) atoms. The van der Waals surface area contributed by atoms with E-state index in [1.165, 1.54) is 0 Å². The first-order valence-electron chi connectivity index (χ1n) is 4.69. The summed E-state index contributed by atoms with van der Waals surface area (Å²) in [5, 5.41) is 0. The number of rotatable bonds is 6. The van der Waals surface area contributed by atoms with Crippen molar-refractivity contribution in [3.63, 3.8) is 0 Å². The summed E-state index contributed by atoms with van der Waals surface area (Å²) in [6.07, 6.45) is 0. The first kappa shape index (κ1) is 13.1. The molecular weight excluding hydrogens is 189 g/mol. The third-order valence-electron chi connectivity index (χ3n) is 1.79. The van der Waals surface area contributed by atoms with Crippen LogP contribution in [0, 0.1) is 5.92 Å². The molecule has 0 aromatic rings. The van der Waals surface area contributed by atoms with Crippen LogP contribution in [-0.2, 0) is 13.6 Å². The van der Waals surface area contributed by atoms with Crippen LogP contribution in [0.25, 0.3) is 0 Å². The molecule has 0 bridgehead atoms. The molecule has 0 amide bonds. The van der Waals surface area contributed by atoms with Crippen molar-refractivity contribution in [1.82, 2.24) is 0 Å². The van der Waals surface area contributed by atoms with Gasteiger partial charge in [0.2, 0.25) is 0 Å². The lowest BCUT2D eigenvalue weighted by molar-refractivity contribution is -0.404. The molecule has 0 aliphatic rings. The van der Waals surface area contributed by atoms with E-state index in [9.17, 15) is 4.57 Å². The van der Waals surface area contributed by atoms with Crippen LogP contribution >= 0.6 is 7.60 Å². The van der Waals surface area contributed by atoms with Crippen LogP contribution in [0.3, 0.4) is 0 Å². The highest BCUT2D eigenvalue weighted by Crippen LogP contribution is 2.52. The van der Waals surface area contributed by atoms with Gasteiger partial charge in [-0.05, 0) is 13.8 Å². The molecule has 80 valence electrons. The molecule has 0 aromatic carbocycles. The van der Waals surface area contributed by atoms with Gasteiger partial charge in [-0.25, -0.2) is 0 Å². The summed E-state index contributed by atoms with van der Waals surface area (Å²) in [6.45, 7) is 8.33. The van der Waals surface area contributed by atoms with Crippen LogP contribution in [0.15, 0.2) is 0 Å². The zero-order valence-corrected chi connectivity index (χ0v) is 9.84. The predicted octanol–water partition coefficient (Wildman–Crippen LogP) is 1.48. The lowest BCUT2D eigenvalue weighted by atomic mass is 10.2. The topological polar surface area (TPSA) is 63.2 Å². The van der Waals surface area contributed by atoms with Gasteiger partial charge in [-0.1, -0.05) is 13.8 Å². The monoisotopic (exact) mass is 210 g/mol. The quantitative estimate of drug-likeness (QED) is 0.675. The Balaban J connectivity index is 4.47. The smallest absolute Gasteiger partial charge is 0.345 e. The Labute approximate surface area is 80.3 Å². The highest BCUT2D eigenvalue weighted by molar-refractivity contribution is 7.54. The van der Waals surface area contributed by atoms with Crippen molar-refractivity contribution in [3.05, 3.63) is 0 Å². The van der Waals surface area contributed by atoms with Gasteiger partial charge in [0.15, 0.2) is 5.78 Å². The van der Waals surface area contributed by atoms with Gasteiger partial charge in [-0.3, -0.25) is 4.57 Å². The van der Waals surface area contributed by atoms with Crippen LogP contribution < -0.4 is 5.73 Å². The summed E-state index contributed by atoms with van der Waals surface area (Å²) in [6, 6.07) is 0. The Hall–Kier alpha value is 0.110. The predicted molar refractivity (Wildman–Crippen MR) is 52.4 cm³/mol. The van der Waals surface area contributed by atoms with E-state index in [1.807, 2.05) is 13.8 Å². The van der Waals surface area contributed by atoms with E-state index in [4.69, 9.17) is 9.05 Å². The maximum Gasteiger partial charge on any atom is 0.387 e. The third kappa shape index (κ3) is 3.77. The molecule has 4 nitrogen and oxygen atoms in total. The highest BCUT2D eigenvalue weighted by Gasteiger charge is 2.38. The summed E-state index contributed by atoms with van der Waals surface area (Å²) in [5.74, 6) is -0.0867. The second-order valence-corrected chi connectivity index (χ2v) is 5.45. The van der Waals surface area contributed by atoms with Crippen molar-refractivity contribution >= 4 is 7.60 Å². The molecule has 0 rings (SSSR count). The molecule has 0 radical (unpaired) electrons. The van der Waals surface area contributed by atoms with Crippen molar-refractivity contribution in [2.24, 2.45) is 5.92 Å².